The fourth-order valence-corrected chi connectivity index (χ4v) is 4.50. The summed E-state index contributed by atoms with van der Waals surface area (Å²) < 4.78 is 50.2. The Hall–Kier alpha value is -2.32. The quantitative estimate of drug-likeness (QED) is 0.393. The maximum atomic E-state index is 14.5. The van der Waals surface area contributed by atoms with Gasteiger partial charge in [0.1, 0.15) is 5.82 Å². The van der Waals surface area contributed by atoms with E-state index in [1.807, 2.05) is 0 Å². The lowest BCUT2D eigenvalue weighted by Gasteiger charge is -2.31. The molecule has 0 bridgehead atoms. The van der Waals surface area contributed by atoms with E-state index in [9.17, 15) is 18.5 Å². The Bertz CT molecular complexity index is 1060. The number of ether oxygens (including phenoxy) is 1. The van der Waals surface area contributed by atoms with Crippen molar-refractivity contribution in [2.45, 2.75) is 66.3 Å². The Morgan fingerprint density at radius 3 is 2.19 bits per heavy atom. The van der Waals surface area contributed by atoms with Crippen molar-refractivity contribution < 1.29 is 32.1 Å². The summed E-state index contributed by atoms with van der Waals surface area (Å²) in [5.74, 6) is -0.761. The summed E-state index contributed by atoms with van der Waals surface area (Å²) in [5, 5.41) is 0. The molecular weight excluding hydrogens is 440 g/mol. The van der Waals surface area contributed by atoms with Crippen LogP contribution in [0.15, 0.2) is 35.3 Å². The van der Waals surface area contributed by atoms with Gasteiger partial charge in [-0.05, 0) is 78.3 Å². The van der Waals surface area contributed by atoms with Crippen LogP contribution in [0.1, 0.15) is 52.7 Å². The fourth-order valence-electron chi connectivity index (χ4n) is 2.71. The van der Waals surface area contributed by atoms with Crippen LogP contribution in [0.3, 0.4) is 0 Å². The SMILES string of the molecule is Cc1ccn(-c2ccc(F)c(COP(=O)(OC(C)(C)C)OC(C)(C)C)c2)c(=O)c1OC=O. The number of benzene rings is 1. The Morgan fingerprint density at radius 2 is 1.66 bits per heavy atom. The maximum Gasteiger partial charge on any atom is 0.476 e. The van der Waals surface area contributed by atoms with Crippen LogP contribution < -0.4 is 10.3 Å². The van der Waals surface area contributed by atoms with E-state index in [2.05, 4.69) is 0 Å². The predicted octanol–water partition coefficient (Wildman–Crippen LogP) is 5.08. The van der Waals surface area contributed by atoms with Crippen LogP contribution in [0.4, 0.5) is 4.39 Å². The Balaban J connectivity index is 2.39. The number of hydrogen-bond donors (Lipinski definition) is 0. The van der Waals surface area contributed by atoms with E-state index in [-0.39, 0.29) is 17.8 Å². The summed E-state index contributed by atoms with van der Waals surface area (Å²) in [6.45, 7) is 11.5. The highest BCUT2D eigenvalue weighted by atomic mass is 31.2. The summed E-state index contributed by atoms with van der Waals surface area (Å²) >= 11 is 0. The maximum absolute atomic E-state index is 14.5. The number of phosphoric acid groups is 1. The first-order chi connectivity index (χ1) is 14.6. The molecule has 2 aromatic rings. The molecule has 0 N–H and O–H groups in total. The first-order valence-corrected chi connectivity index (χ1v) is 11.4. The van der Waals surface area contributed by atoms with Crippen LogP contribution in [0.5, 0.6) is 5.75 Å². The van der Waals surface area contributed by atoms with E-state index < -0.39 is 37.0 Å². The topological polar surface area (TPSA) is 93.1 Å². The second kappa shape index (κ2) is 9.67. The van der Waals surface area contributed by atoms with E-state index in [1.165, 1.54) is 22.9 Å². The van der Waals surface area contributed by atoms with E-state index >= 15 is 0 Å². The highest BCUT2D eigenvalue weighted by Crippen LogP contribution is 2.56. The summed E-state index contributed by atoms with van der Waals surface area (Å²) in [6, 6.07) is 5.50. The predicted molar refractivity (Wildman–Crippen MR) is 117 cm³/mol. The molecule has 0 radical (unpaired) electrons. The van der Waals surface area contributed by atoms with Gasteiger partial charge in [-0.15, -0.1) is 0 Å². The van der Waals surface area contributed by atoms with Gasteiger partial charge >= 0.3 is 7.82 Å². The van der Waals surface area contributed by atoms with E-state index in [0.717, 1.165) is 6.07 Å². The van der Waals surface area contributed by atoms with Gasteiger partial charge < -0.3 is 4.74 Å². The number of carbonyl (C=O) groups excluding carboxylic acids is 1. The van der Waals surface area contributed by atoms with Crippen molar-refractivity contribution in [1.82, 2.24) is 4.57 Å². The zero-order valence-corrected chi connectivity index (χ0v) is 20.2. The zero-order valence-electron chi connectivity index (χ0n) is 19.3. The third-order valence-corrected chi connectivity index (χ3v) is 5.86. The largest absolute Gasteiger partial charge is 0.476 e. The van der Waals surface area contributed by atoms with E-state index in [1.54, 1.807) is 54.5 Å². The van der Waals surface area contributed by atoms with Crippen molar-refractivity contribution in [1.29, 1.82) is 0 Å². The Morgan fingerprint density at radius 1 is 1.06 bits per heavy atom. The van der Waals surface area contributed by atoms with Crippen LogP contribution in [0, 0.1) is 12.7 Å². The number of carbonyl (C=O) groups is 1. The van der Waals surface area contributed by atoms with Gasteiger partial charge in [-0.3, -0.25) is 27.7 Å². The van der Waals surface area contributed by atoms with Crippen LogP contribution in [-0.4, -0.2) is 22.2 Å². The van der Waals surface area contributed by atoms with Crippen molar-refractivity contribution in [3.63, 3.8) is 0 Å². The fraction of sp³-hybridized carbons (Fsp3) is 0.455. The van der Waals surface area contributed by atoms with Gasteiger partial charge in [-0.1, -0.05) is 0 Å². The summed E-state index contributed by atoms with van der Waals surface area (Å²) in [7, 11) is -4.06. The normalized spacial score (nSPS) is 12.6. The molecule has 0 atom stereocenters. The van der Waals surface area contributed by atoms with Crippen LogP contribution in [-0.2, 0) is 29.5 Å². The van der Waals surface area contributed by atoms with Crippen LogP contribution in [0.2, 0.25) is 0 Å². The van der Waals surface area contributed by atoms with Crippen LogP contribution in [0.25, 0.3) is 5.69 Å². The summed E-state index contributed by atoms with van der Waals surface area (Å²) in [5.41, 5.74) is -1.47. The van der Waals surface area contributed by atoms with E-state index in [0.29, 0.717) is 11.3 Å². The smallest absolute Gasteiger partial charge is 0.423 e. The molecular formula is C22H29FNO7P. The minimum absolute atomic E-state index is 0.0306. The van der Waals surface area contributed by atoms with E-state index in [4.69, 9.17) is 18.3 Å². The molecule has 1 aromatic heterocycles. The zero-order chi connectivity index (χ0) is 24.3. The Labute approximate surface area is 186 Å². The molecule has 0 fully saturated rings. The molecule has 0 amide bonds. The lowest BCUT2D eigenvalue weighted by atomic mass is 10.2. The molecule has 0 spiro atoms. The molecule has 0 saturated heterocycles. The molecule has 0 aliphatic heterocycles. The lowest BCUT2D eigenvalue weighted by Crippen LogP contribution is -2.24. The molecule has 0 aliphatic rings. The van der Waals surface area contributed by atoms with Gasteiger partial charge in [0.25, 0.3) is 12.0 Å². The van der Waals surface area contributed by atoms with Crippen molar-refractivity contribution in [3.05, 3.63) is 57.8 Å². The number of pyridine rings is 1. The minimum Gasteiger partial charge on any atom is -0.423 e. The van der Waals surface area contributed by atoms with Gasteiger partial charge in [0.15, 0.2) is 5.75 Å². The van der Waals surface area contributed by atoms with Gasteiger partial charge in [0.2, 0.25) is 0 Å². The Kier molecular flexibility index (Phi) is 7.83. The number of nitrogens with zero attached hydrogens (tertiary/aromatic N) is 1. The van der Waals surface area contributed by atoms with Gasteiger partial charge in [0.05, 0.1) is 17.8 Å². The number of hydrogen-bond acceptors (Lipinski definition) is 7. The van der Waals surface area contributed by atoms with Gasteiger partial charge in [-0.2, -0.15) is 0 Å². The first kappa shape index (κ1) is 25.9. The number of aromatic nitrogens is 1. The number of aryl methyl sites for hydroxylation is 1. The molecule has 32 heavy (non-hydrogen) atoms. The third kappa shape index (κ3) is 7.10. The average Bonchev–Trinajstić information content (AvgIpc) is 2.62. The molecule has 0 saturated carbocycles. The monoisotopic (exact) mass is 469 g/mol. The van der Waals surface area contributed by atoms with Crippen molar-refractivity contribution >= 4 is 14.3 Å². The molecule has 8 nitrogen and oxygen atoms in total. The molecule has 0 unspecified atom stereocenters. The standard InChI is InChI=1S/C22H29FNO7P/c1-15-10-11-24(20(26)19(15)28-14-25)17-8-9-18(23)16(12-17)13-29-32(27,30-21(2,3)4)31-22(5,6)7/h8-12,14H,13H2,1-7H3. The second-order valence-corrected chi connectivity index (χ2v) is 10.6. The first-order valence-electron chi connectivity index (χ1n) is 9.91. The summed E-state index contributed by atoms with van der Waals surface area (Å²) in [4.78, 5) is 23.4. The number of halogens is 1. The average molecular weight is 469 g/mol. The summed E-state index contributed by atoms with van der Waals surface area (Å²) in [6.07, 6.45) is 1.48. The van der Waals surface area contributed by atoms with Crippen molar-refractivity contribution in [2.75, 3.05) is 0 Å². The molecule has 1 aromatic carbocycles. The third-order valence-electron chi connectivity index (χ3n) is 3.87. The second-order valence-electron chi connectivity index (χ2n) is 9.12. The minimum atomic E-state index is -4.06. The van der Waals surface area contributed by atoms with Gasteiger partial charge in [-0.25, -0.2) is 8.96 Å². The molecule has 0 aliphatic carbocycles. The molecule has 1 heterocycles. The molecule has 176 valence electrons. The van der Waals surface area contributed by atoms with Crippen molar-refractivity contribution in [3.8, 4) is 11.4 Å². The number of phosphoric ester groups is 1. The molecule has 2 rings (SSSR count). The highest BCUT2D eigenvalue weighted by Gasteiger charge is 2.37. The highest BCUT2D eigenvalue weighted by molar-refractivity contribution is 7.48. The lowest BCUT2D eigenvalue weighted by molar-refractivity contribution is -0.120. The molecule has 10 heteroatoms. The van der Waals surface area contributed by atoms with Crippen LogP contribution >= 0.6 is 7.82 Å². The van der Waals surface area contributed by atoms with Crippen molar-refractivity contribution in [2.24, 2.45) is 0 Å². The van der Waals surface area contributed by atoms with Gasteiger partial charge in [0, 0.05) is 17.4 Å². The number of rotatable bonds is 8.